The Hall–Kier alpha value is -3.46. The van der Waals surface area contributed by atoms with Gasteiger partial charge in [0.2, 0.25) is 11.8 Å². The average molecular weight is 426 g/mol. The maximum Gasteiger partial charge on any atom is 0.240 e. The minimum absolute atomic E-state index is 0.0435. The molecule has 8 nitrogen and oxygen atoms in total. The van der Waals surface area contributed by atoms with Crippen molar-refractivity contribution in [2.45, 2.75) is 26.9 Å². The number of carbonyl (C=O) groups is 2. The molecule has 9 heteroatoms. The second-order valence-corrected chi connectivity index (χ2v) is 6.94. The number of benzene rings is 2. The fourth-order valence-electron chi connectivity index (χ4n) is 2.86. The van der Waals surface area contributed by atoms with Crippen molar-refractivity contribution in [3.05, 3.63) is 58.9 Å². The molecule has 0 radical (unpaired) electrons. The first-order chi connectivity index (χ1) is 14.5. The highest BCUT2D eigenvalue weighted by atomic mass is 32.1. The fraction of sp³-hybridized carbons (Fsp3) is 0.238. The van der Waals surface area contributed by atoms with Crippen LogP contribution in [0, 0.1) is 4.77 Å². The van der Waals surface area contributed by atoms with Crippen LogP contribution in [0.15, 0.2) is 48.5 Å². The second kappa shape index (κ2) is 9.84. The molecule has 2 amide bonds. The molecule has 0 unspecified atom stereocenters. The molecule has 0 saturated carbocycles. The number of H-pyrrole nitrogens is 1. The van der Waals surface area contributed by atoms with Crippen molar-refractivity contribution in [3.63, 3.8) is 0 Å². The molecule has 0 fully saturated rings. The molecular weight excluding hydrogens is 402 g/mol. The first-order valence-corrected chi connectivity index (χ1v) is 9.88. The van der Waals surface area contributed by atoms with Crippen LogP contribution in [0.5, 0.6) is 5.75 Å². The Morgan fingerprint density at radius 3 is 2.47 bits per heavy atom. The number of amides is 2. The van der Waals surface area contributed by atoms with Gasteiger partial charge in [0.15, 0.2) is 10.6 Å². The number of nitrogens with one attached hydrogen (secondary N) is 3. The Bertz CT molecular complexity index is 1070. The minimum Gasteiger partial charge on any atom is -0.494 e. The summed E-state index contributed by atoms with van der Waals surface area (Å²) < 4.78 is 7.48. The molecule has 0 bridgehead atoms. The topological polar surface area (TPSA) is 101 Å². The minimum atomic E-state index is -0.189. The SMILES string of the molecule is CCOc1ccc(-c2n[nH]c(=S)n2CC(=O)NCc2ccc(NC(C)=O)cc2)cc1. The van der Waals surface area contributed by atoms with Gasteiger partial charge in [-0.25, -0.2) is 0 Å². The van der Waals surface area contributed by atoms with E-state index in [0.29, 0.717) is 29.4 Å². The summed E-state index contributed by atoms with van der Waals surface area (Å²) in [4.78, 5) is 23.5. The molecule has 0 atom stereocenters. The zero-order chi connectivity index (χ0) is 21.5. The van der Waals surface area contributed by atoms with E-state index in [1.165, 1.54) is 6.92 Å². The largest absolute Gasteiger partial charge is 0.494 e. The van der Waals surface area contributed by atoms with Crippen molar-refractivity contribution in [2.75, 3.05) is 11.9 Å². The Labute approximate surface area is 179 Å². The maximum atomic E-state index is 12.5. The number of ether oxygens (including phenoxy) is 1. The van der Waals surface area contributed by atoms with Crippen LogP contribution >= 0.6 is 12.2 Å². The van der Waals surface area contributed by atoms with Gasteiger partial charge in [-0.15, -0.1) is 0 Å². The summed E-state index contributed by atoms with van der Waals surface area (Å²) in [6, 6.07) is 14.7. The lowest BCUT2D eigenvalue weighted by molar-refractivity contribution is -0.121. The van der Waals surface area contributed by atoms with Crippen molar-refractivity contribution in [3.8, 4) is 17.1 Å². The average Bonchev–Trinajstić information content (AvgIpc) is 3.08. The highest BCUT2D eigenvalue weighted by Crippen LogP contribution is 2.21. The summed E-state index contributed by atoms with van der Waals surface area (Å²) in [6.07, 6.45) is 0. The van der Waals surface area contributed by atoms with Gasteiger partial charge in [-0.2, -0.15) is 5.10 Å². The van der Waals surface area contributed by atoms with Gasteiger partial charge in [-0.1, -0.05) is 12.1 Å². The smallest absolute Gasteiger partial charge is 0.240 e. The number of aromatic amines is 1. The zero-order valence-corrected chi connectivity index (χ0v) is 17.6. The molecule has 2 aromatic carbocycles. The normalized spacial score (nSPS) is 10.5. The fourth-order valence-corrected chi connectivity index (χ4v) is 3.06. The van der Waals surface area contributed by atoms with E-state index in [-0.39, 0.29) is 18.4 Å². The number of hydrogen-bond donors (Lipinski definition) is 3. The van der Waals surface area contributed by atoms with Crippen molar-refractivity contribution in [1.82, 2.24) is 20.1 Å². The number of aromatic nitrogens is 3. The molecule has 156 valence electrons. The molecule has 30 heavy (non-hydrogen) atoms. The van der Waals surface area contributed by atoms with E-state index in [0.717, 1.165) is 16.9 Å². The highest BCUT2D eigenvalue weighted by molar-refractivity contribution is 7.71. The summed E-state index contributed by atoms with van der Waals surface area (Å²) >= 11 is 5.29. The number of carbonyl (C=O) groups excluding carboxylic acids is 2. The lowest BCUT2D eigenvalue weighted by Gasteiger charge is -2.10. The Kier molecular flexibility index (Phi) is 6.97. The molecule has 0 aliphatic heterocycles. The third-order valence-electron chi connectivity index (χ3n) is 4.25. The predicted molar refractivity (Wildman–Crippen MR) is 117 cm³/mol. The van der Waals surface area contributed by atoms with Crippen LogP contribution < -0.4 is 15.4 Å². The molecule has 1 heterocycles. The van der Waals surface area contributed by atoms with E-state index in [2.05, 4.69) is 20.8 Å². The van der Waals surface area contributed by atoms with Gasteiger partial charge in [0.25, 0.3) is 0 Å². The Morgan fingerprint density at radius 2 is 1.83 bits per heavy atom. The number of anilines is 1. The second-order valence-electron chi connectivity index (χ2n) is 6.55. The molecule has 3 aromatic rings. The molecule has 0 aliphatic rings. The predicted octanol–water partition coefficient (Wildman–Crippen LogP) is 3.28. The van der Waals surface area contributed by atoms with E-state index in [1.54, 1.807) is 16.7 Å². The van der Waals surface area contributed by atoms with Crippen molar-refractivity contribution < 1.29 is 14.3 Å². The molecule has 0 saturated heterocycles. The quantitative estimate of drug-likeness (QED) is 0.481. The van der Waals surface area contributed by atoms with Crippen LogP contribution in [0.2, 0.25) is 0 Å². The lowest BCUT2D eigenvalue weighted by atomic mass is 10.2. The summed E-state index contributed by atoms with van der Waals surface area (Å²) in [5, 5.41) is 12.6. The summed E-state index contributed by atoms with van der Waals surface area (Å²) in [7, 11) is 0. The van der Waals surface area contributed by atoms with Gasteiger partial charge in [0, 0.05) is 24.7 Å². The molecular formula is C21H23N5O3S. The standard InChI is InChI=1S/C21H23N5O3S/c1-3-29-18-10-6-16(7-11-18)20-24-25-21(30)26(20)13-19(28)22-12-15-4-8-17(9-5-15)23-14(2)27/h4-11H,3,12-13H2,1-2H3,(H,22,28)(H,23,27)(H,25,30). The zero-order valence-electron chi connectivity index (χ0n) is 16.8. The third-order valence-corrected chi connectivity index (χ3v) is 4.56. The van der Waals surface area contributed by atoms with Crippen LogP contribution in [-0.2, 0) is 22.7 Å². The Morgan fingerprint density at radius 1 is 1.13 bits per heavy atom. The van der Waals surface area contributed by atoms with Gasteiger partial charge in [0.1, 0.15) is 12.3 Å². The van der Waals surface area contributed by atoms with Gasteiger partial charge in [-0.05, 0) is 61.1 Å². The van der Waals surface area contributed by atoms with Crippen LogP contribution in [0.1, 0.15) is 19.4 Å². The first-order valence-electron chi connectivity index (χ1n) is 9.48. The van der Waals surface area contributed by atoms with Crippen LogP contribution in [0.25, 0.3) is 11.4 Å². The molecule has 3 N–H and O–H groups in total. The van der Waals surface area contributed by atoms with Crippen molar-refractivity contribution in [2.24, 2.45) is 0 Å². The number of rotatable bonds is 8. The highest BCUT2D eigenvalue weighted by Gasteiger charge is 2.12. The summed E-state index contributed by atoms with van der Waals surface area (Å²) in [5.41, 5.74) is 2.45. The van der Waals surface area contributed by atoms with Gasteiger partial charge < -0.3 is 15.4 Å². The van der Waals surface area contributed by atoms with Crippen molar-refractivity contribution >= 4 is 29.7 Å². The maximum absolute atomic E-state index is 12.5. The van der Waals surface area contributed by atoms with Crippen LogP contribution in [0.3, 0.4) is 0 Å². The molecule has 0 spiro atoms. The molecule has 0 aliphatic carbocycles. The molecule has 3 rings (SSSR count). The van der Waals surface area contributed by atoms with E-state index in [1.807, 2.05) is 43.3 Å². The van der Waals surface area contributed by atoms with E-state index >= 15 is 0 Å². The number of hydrogen-bond acceptors (Lipinski definition) is 5. The first kappa shape index (κ1) is 21.3. The number of nitrogens with zero attached hydrogens (tertiary/aromatic N) is 2. The van der Waals surface area contributed by atoms with E-state index in [9.17, 15) is 9.59 Å². The summed E-state index contributed by atoms with van der Waals surface area (Å²) in [6.45, 7) is 4.38. The van der Waals surface area contributed by atoms with Crippen LogP contribution in [-0.4, -0.2) is 33.2 Å². The Balaban J connectivity index is 1.63. The van der Waals surface area contributed by atoms with E-state index < -0.39 is 0 Å². The van der Waals surface area contributed by atoms with Gasteiger partial charge in [0.05, 0.1) is 6.61 Å². The monoisotopic (exact) mass is 425 g/mol. The van der Waals surface area contributed by atoms with Crippen LogP contribution in [0.4, 0.5) is 5.69 Å². The molecule has 1 aromatic heterocycles. The lowest BCUT2D eigenvalue weighted by Crippen LogP contribution is -2.27. The van der Waals surface area contributed by atoms with E-state index in [4.69, 9.17) is 17.0 Å². The third kappa shape index (κ3) is 5.54. The van der Waals surface area contributed by atoms with Crippen molar-refractivity contribution in [1.29, 1.82) is 0 Å². The van der Waals surface area contributed by atoms with Gasteiger partial charge in [-0.3, -0.25) is 19.3 Å². The summed E-state index contributed by atoms with van der Waals surface area (Å²) in [5.74, 6) is 1.03. The van der Waals surface area contributed by atoms with Gasteiger partial charge >= 0.3 is 0 Å².